The van der Waals surface area contributed by atoms with E-state index in [1.54, 1.807) is 19.9 Å². The third-order valence-electron chi connectivity index (χ3n) is 2.25. The van der Waals surface area contributed by atoms with E-state index in [9.17, 15) is 4.79 Å². The summed E-state index contributed by atoms with van der Waals surface area (Å²) >= 11 is 0. The fourth-order valence-electron chi connectivity index (χ4n) is 0.894. The monoisotopic (exact) mass is 204 g/mol. The Bertz CT molecular complexity index is 384. The summed E-state index contributed by atoms with van der Waals surface area (Å²) in [6.07, 6.45) is 3.50. The second kappa shape index (κ2) is 4.51. The van der Waals surface area contributed by atoms with Gasteiger partial charge in [0.15, 0.2) is 0 Å². The summed E-state index contributed by atoms with van der Waals surface area (Å²) in [5, 5.41) is 11.4. The van der Waals surface area contributed by atoms with Gasteiger partial charge in [-0.3, -0.25) is 10.1 Å². The number of hydrogen-bond acceptors (Lipinski definition) is 4. The minimum absolute atomic E-state index is 0.220. The summed E-state index contributed by atoms with van der Waals surface area (Å²) < 4.78 is 0. The van der Waals surface area contributed by atoms with Gasteiger partial charge in [0.2, 0.25) is 11.9 Å². The molecule has 0 bridgehead atoms. The highest BCUT2D eigenvalue weighted by molar-refractivity contribution is 5.95. The van der Waals surface area contributed by atoms with Crippen LogP contribution in [-0.2, 0) is 4.79 Å². The molecule has 1 amide bonds. The number of aromatic nitrogens is 2. The minimum atomic E-state index is -1.03. The van der Waals surface area contributed by atoms with Crippen molar-refractivity contribution in [1.29, 1.82) is 5.26 Å². The molecule has 1 aromatic rings. The molecular formula is C10H12N4O. The standard InChI is InChI=1S/C10H12N4O/c1-3-10(2,7-11)8(15)14-9-12-5-4-6-13-9/h4-6H,3H2,1-2H3,(H,12,13,14,15). The van der Waals surface area contributed by atoms with Crippen molar-refractivity contribution in [2.75, 3.05) is 5.32 Å². The van der Waals surface area contributed by atoms with Gasteiger partial charge >= 0.3 is 0 Å². The van der Waals surface area contributed by atoms with Crippen LogP contribution >= 0.6 is 0 Å². The molecule has 0 saturated heterocycles. The molecule has 1 unspecified atom stereocenters. The first-order valence-corrected chi connectivity index (χ1v) is 4.62. The molecule has 0 fully saturated rings. The maximum atomic E-state index is 11.7. The van der Waals surface area contributed by atoms with Gasteiger partial charge in [-0.15, -0.1) is 0 Å². The lowest BCUT2D eigenvalue weighted by Gasteiger charge is -2.17. The van der Waals surface area contributed by atoms with Crippen LogP contribution in [0.1, 0.15) is 20.3 Å². The number of nitrogens with zero attached hydrogens (tertiary/aromatic N) is 3. The molecule has 0 aromatic carbocycles. The van der Waals surface area contributed by atoms with E-state index in [-0.39, 0.29) is 11.9 Å². The zero-order chi connectivity index (χ0) is 11.3. The van der Waals surface area contributed by atoms with Gasteiger partial charge < -0.3 is 0 Å². The number of hydrogen-bond donors (Lipinski definition) is 1. The van der Waals surface area contributed by atoms with Crippen LogP contribution in [-0.4, -0.2) is 15.9 Å². The number of nitrogens with one attached hydrogen (secondary N) is 1. The molecule has 0 aliphatic rings. The van der Waals surface area contributed by atoms with E-state index in [1.807, 2.05) is 6.07 Å². The maximum absolute atomic E-state index is 11.7. The molecule has 1 atom stereocenters. The van der Waals surface area contributed by atoms with E-state index in [0.717, 1.165) is 0 Å². The highest BCUT2D eigenvalue weighted by Gasteiger charge is 2.31. The van der Waals surface area contributed by atoms with Crippen molar-refractivity contribution in [3.8, 4) is 6.07 Å². The highest BCUT2D eigenvalue weighted by atomic mass is 16.2. The van der Waals surface area contributed by atoms with Crippen molar-refractivity contribution in [3.05, 3.63) is 18.5 Å². The van der Waals surface area contributed by atoms with Crippen molar-refractivity contribution in [2.45, 2.75) is 20.3 Å². The van der Waals surface area contributed by atoms with Crippen LogP contribution in [0.15, 0.2) is 18.5 Å². The molecule has 1 rings (SSSR count). The fraction of sp³-hybridized carbons (Fsp3) is 0.400. The van der Waals surface area contributed by atoms with Gasteiger partial charge in [-0.25, -0.2) is 9.97 Å². The van der Waals surface area contributed by atoms with Crippen LogP contribution in [0.2, 0.25) is 0 Å². The molecule has 1 N–H and O–H groups in total. The Morgan fingerprint density at radius 1 is 1.60 bits per heavy atom. The predicted octanol–water partition coefficient (Wildman–Crippen LogP) is 1.35. The summed E-state index contributed by atoms with van der Waals surface area (Å²) in [6, 6.07) is 3.63. The van der Waals surface area contributed by atoms with Crippen LogP contribution in [0.25, 0.3) is 0 Å². The molecule has 0 saturated carbocycles. The normalized spacial score (nSPS) is 13.7. The number of amides is 1. The molecule has 0 aliphatic heterocycles. The second-order valence-corrected chi connectivity index (χ2v) is 3.32. The molecule has 5 nitrogen and oxygen atoms in total. The number of rotatable bonds is 3. The van der Waals surface area contributed by atoms with Gasteiger partial charge in [-0.1, -0.05) is 6.92 Å². The Hall–Kier alpha value is -1.96. The number of anilines is 1. The maximum Gasteiger partial charge on any atom is 0.246 e. The smallest absolute Gasteiger partial charge is 0.246 e. The summed E-state index contributed by atoms with van der Waals surface area (Å²) in [4.78, 5) is 19.4. The molecule has 0 radical (unpaired) electrons. The van der Waals surface area contributed by atoms with Crippen molar-refractivity contribution in [3.63, 3.8) is 0 Å². The van der Waals surface area contributed by atoms with E-state index in [0.29, 0.717) is 6.42 Å². The van der Waals surface area contributed by atoms with Crippen LogP contribution in [0.3, 0.4) is 0 Å². The fourth-order valence-corrected chi connectivity index (χ4v) is 0.894. The third-order valence-corrected chi connectivity index (χ3v) is 2.25. The zero-order valence-electron chi connectivity index (χ0n) is 8.69. The molecular weight excluding hydrogens is 192 g/mol. The number of nitriles is 1. The summed E-state index contributed by atoms with van der Waals surface area (Å²) in [5.41, 5.74) is -1.03. The third kappa shape index (κ3) is 2.50. The van der Waals surface area contributed by atoms with Gasteiger partial charge in [0, 0.05) is 12.4 Å². The van der Waals surface area contributed by atoms with Crippen molar-refractivity contribution in [1.82, 2.24) is 9.97 Å². The summed E-state index contributed by atoms with van der Waals surface area (Å²) in [7, 11) is 0. The first kappa shape index (κ1) is 11.1. The van der Waals surface area contributed by atoms with Crippen LogP contribution in [0.5, 0.6) is 0 Å². The van der Waals surface area contributed by atoms with Crippen molar-refractivity contribution in [2.24, 2.45) is 5.41 Å². The summed E-state index contributed by atoms with van der Waals surface area (Å²) in [5.74, 6) is -0.156. The largest absolute Gasteiger partial charge is 0.293 e. The zero-order valence-corrected chi connectivity index (χ0v) is 8.69. The van der Waals surface area contributed by atoms with Crippen LogP contribution in [0, 0.1) is 16.7 Å². The quantitative estimate of drug-likeness (QED) is 0.806. The Kier molecular flexibility index (Phi) is 3.34. The van der Waals surface area contributed by atoms with E-state index < -0.39 is 5.41 Å². The SMILES string of the molecule is CCC(C)(C#N)C(=O)Nc1ncccn1. The van der Waals surface area contributed by atoms with Gasteiger partial charge in [-0.2, -0.15) is 5.26 Å². The average molecular weight is 204 g/mol. The average Bonchev–Trinajstić information content (AvgIpc) is 2.29. The molecule has 0 aliphatic carbocycles. The van der Waals surface area contributed by atoms with Gasteiger partial charge in [0.25, 0.3) is 0 Å². The predicted molar refractivity (Wildman–Crippen MR) is 54.7 cm³/mol. The molecule has 5 heteroatoms. The Morgan fingerprint density at radius 2 is 2.20 bits per heavy atom. The lowest BCUT2D eigenvalue weighted by Crippen LogP contribution is -2.32. The minimum Gasteiger partial charge on any atom is -0.293 e. The van der Waals surface area contributed by atoms with E-state index in [1.165, 1.54) is 12.4 Å². The van der Waals surface area contributed by atoms with Gasteiger partial charge in [-0.05, 0) is 19.4 Å². The molecule has 15 heavy (non-hydrogen) atoms. The molecule has 1 aromatic heterocycles. The van der Waals surface area contributed by atoms with Crippen molar-refractivity contribution < 1.29 is 4.79 Å². The number of carbonyl (C=O) groups excluding carboxylic acids is 1. The van der Waals surface area contributed by atoms with Crippen LogP contribution in [0.4, 0.5) is 5.95 Å². The van der Waals surface area contributed by atoms with E-state index >= 15 is 0 Å². The first-order valence-electron chi connectivity index (χ1n) is 4.62. The molecule has 78 valence electrons. The van der Waals surface area contributed by atoms with Crippen LogP contribution < -0.4 is 5.32 Å². The van der Waals surface area contributed by atoms with Crippen molar-refractivity contribution >= 4 is 11.9 Å². The molecule has 1 heterocycles. The van der Waals surface area contributed by atoms with Gasteiger partial charge in [0.1, 0.15) is 5.41 Å². The topological polar surface area (TPSA) is 78.7 Å². The summed E-state index contributed by atoms with van der Waals surface area (Å²) in [6.45, 7) is 3.37. The lowest BCUT2D eigenvalue weighted by molar-refractivity contribution is -0.122. The van der Waals surface area contributed by atoms with E-state index in [4.69, 9.17) is 5.26 Å². The first-order chi connectivity index (χ1) is 7.12. The van der Waals surface area contributed by atoms with E-state index in [2.05, 4.69) is 15.3 Å². The number of carbonyl (C=O) groups is 1. The lowest BCUT2D eigenvalue weighted by atomic mass is 9.88. The Labute approximate surface area is 88.2 Å². The molecule has 0 spiro atoms. The highest BCUT2D eigenvalue weighted by Crippen LogP contribution is 2.20. The second-order valence-electron chi connectivity index (χ2n) is 3.32. The Balaban J connectivity index is 2.77. The van der Waals surface area contributed by atoms with Gasteiger partial charge in [0.05, 0.1) is 6.07 Å². The Morgan fingerprint density at radius 3 is 2.67 bits per heavy atom.